The van der Waals surface area contributed by atoms with E-state index >= 15 is 0 Å². The Kier molecular flexibility index (Phi) is 6.01. The van der Waals surface area contributed by atoms with Gasteiger partial charge in [0, 0.05) is 28.7 Å². The fourth-order valence-electron chi connectivity index (χ4n) is 3.89. The van der Waals surface area contributed by atoms with Crippen molar-refractivity contribution in [3.05, 3.63) is 48.3 Å². The summed E-state index contributed by atoms with van der Waals surface area (Å²) in [4.78, 5) is 8.85. The molecule has 0 amide bonds. The van der Waals surface area contributed by atoms with Crippen molar-refractivity contribution < 1.29 is 9.47 Å². The molecule has 1 aliphatic carbocycles. The second-order valence-electron chi connectivity index (χ2n) is 7.47. The van der Waals surface area contributed by atoms with Crippen LogP contribution in [0.2, 0.25) is 0 Å². The van der Waals surface area contributed by atoms with E-state index < -0.39 is 0 Å². The first-order chi connectivity index (χ1) is 14.7. The van der Waals surface area contributed by atoms with Crippen molar-refractivity contribution in [3.63, 3.8) is 0 Å². The second-order valence-corrected chi connectivity index (χ2v) is 7.47. The zero-order valence-corrected chi connectivity index (χ0v) is 17.3. The average Bonchev–Trinajstić information content (AvgIpc) is 2.79. The molecule has 1 aliphatic rings. The molecule has 0 saturated heterocycles. The lowest BCUT2D eigenvalue weighted by atomic mass is 9.93. The summed E-state index contributed by atoms with van der Waals surface area (Å²) in [5, 5.41) is 7.57. The number of methoxy groups -OCH3 is 1. The standard InChI is InChI=1S/C24H26N4O2/c1-4-16-6-5-7-18(12-16)28-24-20-13-23(22(29-3)14-21(20)26-15-27-24)30-19-10-8-17(25-2)9-11-19/h1,5-7,12-15,17,19,25H,8-11H2,2-3H3,(H,26,27,28)/t17-,19+. The molecule has 0 unspecified atom stereocenters. The molecule has 3 aromatic rings. The number of hydrogen-bond donors (Lipinski definition) is 2. The maximum atomic E-state index is 6.36. The lowest BCUT2D eigenvalue weighted by Gasteiger charge is -2.29. The minimum Gasteiger partial charge on any atom is -0.493 e. The van der Waals surface area contributed by atoms with Gasteiger partial charge in [-0.05, 0) is 57.0 Å². The van der Waals surface area contributed by atoms with Crippen LogP contribution in [-0.4, -0.2) is 36.3 Å². The van der Waals surface area contributed by atoms with Gasteiger partial charge >= 0.3 is 0 Å². The molecule has 2 aromatic carbocycles. The van der Waals surface area contributed by atoms with Gasteiger partial charge in [0.2, 0.25) is 0 Å². The number of nitrogens with zero attached hydrogens (tertiary/aromatic N) is 2. The van der Waals surface area contributed by atoms with Gasteiger partial charge in [0.1, 0.15) is 12.1 Å². The third-order valence-corrected chi connectivity index (χ3v) is 5.59. The third kappa shape index (κ3) is 4.32. The normalized spacial score (nSPS) is 18.6. The van der Waals surface area contributed by atoms with E-state index in [1.54, 1.807) is 7.11 Å². The predicted molar refractivity (Wildman–Crippen MR) is 119 cm³/mol. The Morgan fingerprint density at radius 1 is 1.07 bits per heavy atom. The number of anilines is 2. The van der Waals surface area contributed by atoms with E-state index in [0.29, 0.717) is 23.4 Å². The van der Waals surface area contributed by atoms with Gasteiger partial charge in [-0.3, -0.25) is 0 Å². The van der Waals surface area contributed by atoms with Crippen molar-refractivity contribution in [1.29, 1.82) is 0 Å². The molecule has 0 atom stereocenters. The first-order valence-electron chi connectivity index (χ1n) is 10.2. The Hall–Kier alpha value is -3.30. The van der Waals surface area contributed by atoms with E-state index in [-0.39, 0.29) is 6.10 Å². The topological polar surface area (TPSA) is 68.3 Å². The van der Waals surface area contributed by atoms with Crippen LogP contribution < -0.4 is 20.1 Å². The first-order valence-corrected chi connectivity index (χ1v) is 10.2. The van der Waals surface area contributed by atoms with Crippen LogP contribution in [0.5, 0.6) is 11.5 Å². The fourth-order valence-corrected chi connectivity index (χ4v) is 3.89. The molecule has 0 aliphatic heterocycles. The van der Waals surface area contributed by atoms with Gasteiger partial charge < -0.3 is 20.1 Å². The lowest BCUT2D eigenvalue weighted by Crippen LogP contribution is -2.34. The minimum atomic E-state index is 0.175. The van der Waals surface area contributed by atoms with Crippen LogP contribution in [0.3, 0.4) is 0 Å². The molecule has 2 N–H and O–H groups in total. The highest BCUT2D eigenvalue weighted by Crippen LogP contribution is 2.36. The summed E-state index contributed by atoms with van der Waals surface area (Å²) in [5.74, 6) is 4.74. The average molecular weight is 402 g/mol. The smallest absolute Gasteiger partial charge is 0.162 e. The molecule has 1 fully saturated rings. The Morgan fingerprint density at radius 2 is 1.90 bits per heavy atom. The Labute approximate surface area is 177 Å². The van der Waals surface area contributed by atoms with Gasteiger partial charge in [-0.1, -0.05) is 12.0 Å². The quantitative estimate of drug-likeness (QED) is 0.600. The predicted octanol–water partition coefficient (Wildman–Crippen LogP) is 4.27. The summed E-state index contributed by atoms with van der Waals surface area (Å²) in [7, 11) is 3.67. The maximum Gasteiger partial charge on any atom is 0.162 e. The molecule has 1 heterocycles. The van der Waals surface area contributed by atoms with E-state index in [0.717, 1.165) is 47.8 Å². The summed E-state index contributed by atoms with van der Waals surface area (Å²) in [5.41, 5.74) is 2.46. The summed E-state index contributed by atoms with van der Waals surface area (Å²) >= 11 is 0. The molecule has 30 heavy (non-hydrogen) atoms. The van der Waals surface area contributed by atoms with Crippen molar-refractivity contribution in [2.75, 3.05) is 19.5 Å². The van der Waals surface area contributed by atoms with Crippen LogP contribution in [0.4, 0.5) is 11.5 Å². The van der Waals surface area contributed by atoms with Gasteiger partial charge in [0.15, 0.2) is 11.5 Å². The van der Waals surface area contributed by atoms with Crippen LogP contribution in [0.25, 0.3) is 10.9 Å². The highest BCUT2D eigenvalue weighted by atomic mass is 16.5. The van der Waals surface area contributed by atoms with Gasteiger partial charge in [-0.15, -0.1) is 6.42 Å². The van der Waals surface area contributed by atoms with Crippen LogP contribution in [0.1, 0.15) is 31.2 Å². The number of terminal acetylenes is 1. The van der Waals surface area contributed by atoms with Crippen molar-refractivity contribution in [2.45, 2.75) is 37.8 Å². The lowest BCUT2D eigenvalue weighted by molar-refractivity contribution is 0.137. The largest absolute Gasteiger partial charge is 0.493 e. The van der Waals surface area contributed by atoms with Gasteiger partial charge in [-0.25, -0.2) is 9.97 Å². The zero-order chi connectivity index (χ0) is 20.9. The third-order valence-electron chi connectivity index (χ3n) is 5.59. The van der Waals surface area contributed by atoms with Crippen molar-refractivity contribution >= 4 is 22.4 Å². The van der Waals surface area contributed by atoms with Gasteiger partial charge in [0.05, 0.1) is 18.7 Å². The Bertz CT molecular complexity index is 1070. The molecule has 6 heteroatoms. The Balaban J connectivity index is 1.64. The maximum absolute atomic E-state index is 6.36. The highest BCUT2D eigenvalue weighted by Gasteiger charge is 2.23. The molecule has 0 spiro atoms. The van der Waals surface area contributed by atoms with E-state index in [1.807, 2.05) is 43.4 Å². The number of hydrogen-bond acceptors (Lipinski definition) is 6. The number of benzene rings is 2. The summed E-state index contributed by atoms with van der Waals surface area (Å²) in [6.07, 6.45) is 11.5. The summed E-state index contributed by atoms with van der Waals surface area (Å²) in [6, 6.07) is 12.1. The van der Waals surface area contributed by atoms with Gasteiger partial charge in [-0.2, -0.15) is 0 Å². The van der Waals surface area contributed by atoms with Crippen LogP contribution >= 0.6 is 0 Å². The number of ether oxygens (including phenoxy) is 2. The molecule has 1 aromatic heterocycles. The molecule has 154 valence electrons. The van der Waals surface area contributed by atoms with Crippen molar-refractivity contribution in [2.24, 2.45) is 0 Å². The molecular formula is C24H26N4O2. The monoisotopic (exact) mass is 402 g/mol. The van der Waals surface area contributed by atoms with Crippen molar-refractivity contribution in [3.8, 4) is 23.8 Å². The zero-order valence-electron chi connectivity index (χ0n) is 17.3. The van der Waals surface area contributed by atoms with E-state index in [2.05, 4.69) is 26.5 Å². The molecule has 6 nitrogen and oxygen atoms in total. The highest BCUT2D eigenvalue weighted by molar-refractivity contribution is 5.93. The van der Waals surface area contributed by atoms with Crippen LogP contribution in [0.15, 0.2) is 42.7 Å². The van der Waals surface area contributed by atoms with Gasteiger partial charge in [0.25, 0.3) is 0 Å². The number of nitrogens with one attached hydrogen (secondary N) is 2. The van der Waals surface area contributed by atoms with E-state index in [9.17, 15) is 0 Å². The second kappa shape index (κ2) is 9.02. The Morgan fingerprint density at radius 3 is 2.63 bits per heavy atom. The van der Waals surface area contributed by atoms with Crippen molar-refractivity contribution in [1.82, 2.24) is 15.3 Å². The summed E-state index contributed by atoms with van der Waals surface area (Å²) < 4.78 is 11.9. The SMILES string of the molecule is C#Cc1cccc(Nc2ncnc3cc(OC)c(O[C@H]4CC[C@@H](NC)CC4)cc23)c1. The molecular weight excluding hydrogens is 376 g/mol. The minimum absolute atomic E-state index is 0.175. The van der Waals surface area contributed by atoms with Crippen LogP contribution in [0, 0.1) is 12.3 Å². The molecule has 0 bridgehead atoms. The summed E-state index contributed by atoms with van der Waals surface area (Å²) in [6.45, 7) is 0. The number of fused-ring (bicyclic) bond motifs is 1. The van der Waals surface area contributed by atoms with E-state index in [1.165, 1.54) is 6.33 Å². The first kappa shape index (κ1) is 20.0. The molecule has 4 rings (SSSR count). The van der Waals surface area contributed by atoms with Crippen LogP contribution in [-0.2, 0) is 0 Å². The number of rotatable bonds is 6. The number of aromatic nitrogens is 2. The van der Waals surface area contributed by atoms with E-state index in [4.69, 9.17) is 15.9 Å². The fraction of sp³-hybridized carbons (Fsp3) is 0.333. The molecule has 0 radical (unpaired) electrons. The molecule has 1 saturated carbocycles.